The molecule has 83 heavy (non-hydrogen) atoms. The highest BCUT2D eigenvalue weighted by molar-refractivity contribution is 6.41. The van der Waals surface area contributed by atoms with Crippen LogP contribution in [0.4, 0.5) is 23.4 Å². The Hall–Kier alpha value is -5.11. The Morgan fingerprint density at radius 2 is 1.00 bits per heavy atom. The Balaban J connectivity index is 0.000000180. The average Bonchev–Trinajstić information content (AvgIpc) is 3.47. The minimum atomic E-state index is -0.965. The van der Waals surface area contributed by atoms with Gasteiger partial charge in [0, 0.05) is 137 Å². The molecule has 10 rings (SSSR count). The molecular formula is C62H71Cl5F4N10O2. The molecule has 4 aliphatic heterocycles. The lowest BCUT2D eigenvalue weighted by atomic mass is 9.85. The van der Waals surface area contributed by atoms with E-state index in [0.29, 0.717) is 45.2 Å². The van der Waals surface area contributed by atoms with Crippen molar-refractivity contribution in [2.45, 2.75) is 103 Å². The Bertz CT molecular complexity index is 3150. The van der Waals surface area contributed by atoms with Crippen LogP contribution >= 0.6 is 58.0 Å². The summed E-state index contributed by atoms with van der Waals surface area (Å²) in [5.41, 5.74) is 4.59. The summed E-state index contributed by atoms with van der Waals surface area (Å²) in [5.74, 6) is -3.94. The maximum Gasteiger partial charge on any atom is 0.253 e. The van der Waals surface area contributed by atoms with Gasteiger partial charge in [0.25, 0.3) is 11.8 Å². The van der Waals surface area contributed by atoms with Crippen LogP contribution in [0.5, 0.6) is 0 Å². The standard InChI is InChI=1S/C31H35Cl2F2N5O.C18H28ClN3.C13H8Cl2F2N2O/c1-21-19-39(13-14-40(21)31(2)9-11-38(12-10-31)20-22-3-6-25(32)7-4-22)29-26(33)16-24(18-36-29)30(41)37-17-23-5-8-27(34)28(35)15-23;1-15-13-20-9-12-22(15)18(2)7-10-21(11-8-18)14-16-3-5-17(19)6-4-16;14-9-4-8(6-18-12(9)15)13(20)19-5-7-1-2-10(16)11(17)3-7/h3-8,15-16,18,21H,9-14,17,19-20H2,1-2H3,(H,37,41);3-6,15,20H,7-14H2,1-2H3;1-4,6H,5H2,(H,19,20)/t21-;15-;/m00./s1. The number of carbonyl (C=O) groups excluding carboxylic acids is 2. The highest BCUT2D eigenvalue weighted by Gasteiger charge is 2.41. The number of carbonyl (C=O) groups is 2. The summed E-state index contributed by atoms with van der Waals surface area (Å²) < 4.78 is 52.3. The zero-order valence-electron chi connectivity index (χ0n) is 47.1. The molecule has 0 unspecified atom stereocenters. The van der Waals surface area contributed by atoms with Crippen LogP contribution in [0.15, 0.2) is 109 Å². The lowest BCUT2D eigenvalue weighted by Crippen LogP contribution is -2.63. The van der Waals surface area contributed by atoms with E-state index >= 15 is 0 Å². The normalized spacial score (nSPS) is 19.4. The van der Waals surface area contributed by atoms with Crippen molar-refractivity contribution in [3.05, 3.63) is 191 Å². The SMILES string of the molecule is C[C@H]1CN(c2ncc(C(=O)NCc3ccc(F)c(F)c3)cc2Cl)CCN1C1(C)CCN(Cc2ccc(Cl)cc2)CC1.C[C@H]1CNCCN1C1(C)CCN(Cc2ccc(Cl)cc2)CC1.O=C(NCc1ccc(F)c(F)c1)c1cnc(Cl)c(Cl)c1. The first-order valence-corrected chi connectivity index (χ1v) is 29.9. The van der Waals surface area contributed by atoms with E-state index in [-0.39, 0.29) is 40.3 Å². The van der Waals surface area contributed by atoms with Crippen molar-refractivity contribution < 1.29 is 27.2 Å². The summed E-state index contributed by atoms with van der Waals surface area (Å²) >= 11 is 30.0. The molecule has 21 heteroatoms. The molecule has 0 spiro atoms. The second-order valence-corrected chi connectivity index (χ2v) is 24.5. The number of pyridine rings is 2. The van der Waals surface area contributed by atoms with Gasteiger partial charge < -0.3 is 20.9 Å². The molecule has 2 aromatic heterocycles. The predicted octanol–water partition coefficient (Wildman–Crippen LogP) is 12.7. The van der Waals surface area contributed by atoms with Gasteiger partial charge in [-0.2, -0.15) is 0 Å². The van der Waals surface area contributed by atoms with E-state index in [9.17, 15) is 27.2 Å². The number of rotatable bonds is 13. The number of piperazine rings is 2. The molecule has 0 radical (unpaired) electrons. The highest BCUT2D eigenvalue weighted by Crippen LogP contribution is 2.36. The maximum absolute atomic E-state index is 13.5. The molecule has 3 N–H and O–H groups in total. The van der Waals surface area contributed by atoms with Gasteiger partial charge in [0.05, 0.1) is 21.2 Å². The number of hydrogen-bond acceptors (Lipinski definition) is 10. The van der Waals surface area contributed by atoms with Crippen LogP contribution < -0.4 is 20.9 Å². The molecule has 6 heterocycles. The molecule has 6 aromatic rings. The van der Waals surface area contributed by atoms with E-state index in [4.69, 9.17) is 58.0 Å². The number of halogens is 9. The smallest absolute Gasteiger partial charge is 0.253 e. The van der Waals surface area contributed by atoms with Gasteiger partial charge in [-0.15, -0.1) is 0 Å². The Labute approximate surface area is 509 Å². The number of likely N-dealkylation sites (tertiary alicyclic amines) is 2. The van der Waals surface area contributed by atoms with E-state index in [0.717, 1.165) is 106 Å². The predicted molar refractivity (Wildman–Crippen MR) is 325 cm³/mol. The Morgan fingerprint density at radius 3 is 1.43 bits per heavy atom. The molecule has 0 bridgehead atoms. The summed E-state index contributed by atoms with van der Waals surface area (Å²) in [4.78, 5) is 45.4. The fourth-order valence-corrected chi connectivity index (χ4v) is 12.3. The largest absolute Gasteiger partial charge is 0.353 e. The zero-order chi connectivity index (χ0) is 59.4. The Kier molecular flexibility index (Phi) is 22.6. The van der Waals surface area contributed by atoms with Crippen LogP contribution in [-0.4, -0.2) is 130 Å². The molecule has 444 valence electrons. The van der Waals surface area contributed by atoms with E-state index in [1.54, 1.807) is 6.07 Å². The van der Waals surface area contributed by atoms with Gasteiger partial charge in [-0.25, -0.2) is 27.5 Å². The van der Waals surface area contributed by atoms with Gasteiger partial charge in [-0.1, -0.05) is 94.4 Å². The molecular weight excluding hydrogens is 1170 g/mol. The number of benzene rings is 4. The molecule has 4 aromatic carbocycles. The van der Waals surface area contributed by atoms with Gasteiger partial charge in [0.1, 0.15) is 11.0 Å². The van der Waals surface area contributed by atoms with Gasteiger partial charge >= 0.3 is 0 Å². The quantitative estimate of drug-likeness (QED) is 0.0763. The number of nitrogens with one attached hydrogen (secondary N) is 3. The summed E-state index contributed by atoms with van der Waals surface area (Å²) in [7, 11) is 0. The van der Waals surface area contributed by atoms with Crippen LogP contribution in [0.2, 0.25) is 25.2 Å². The van der Waals surface area contributed by atoms with E-state index in [1.807, 2.05) is 24.3 Å². The highest BCUT2D eigenvalue weighted by atomic mass is 35.5. The van der Waals surface area contributed by atoms with Crippen molar-refractivity contribution in [2.75, 3.05) is 70.3 Å². The molecule has 4 fully saturated rings. The molecule has 2 atom stereocenters. The molecule has 4 aliphatic rings. The Morgan fingerprint density at radius 1 is 0.554 bits per heavy atom. The number of hydrogen-bond donors (Lipinski definition) is 3. The van der Waals surface area contributed by atoms with Crippen molar-refractivity contribution in [2.24, 2.45) is 0 Å². The number of anilines is 1. The molecule has 12 nitrogen and oxygen atoms in total. The third kappa shape index (κ3) is 17.5. The van der Waals surface area contributed by atoms with Crippen molar-refractivity contribution in [1.82, 2.24) is 45.5 Å². The third-order valence-electron chi connectivity index (χ3n) is 16.3. The molecule has 0 saturated carbocycles. The van der Waals surface area contributed by atoms with Gasteiger partial charge in [-0.3, -0.25) is 29.2 Å². The van der Waals surface area contributed by atoms with Gasteiger partial charge in [-0.05, 0) is 136 Å². The van der Waals surface area contributed by atoms with E-state index in [1.165, 1.54) is 74.2 Å². The molecule has 4 saturated heterocycles. The van der Waals surface area contributed by atoms with Crippen molar-refractivity contribution >= 4 is 75.6 Å². The monoisotopic (exact) mass is 1240 g/mol. The number of aromatic nitrogens is 2. The van der Waals surface area contributed by atoms with Crippen molar-refractivity contribution in [3.63, 3.8) is 0 Å². The summed E-state index contributed by atoms with van der Waals surface area (Å²) in [6, 6.07) is 27.3. The summed E-state index contributed by atoms with van der Waals surface area (Å²) in [6.07, 6.45) is 7.54. The second kappa shape index (κ2) is 29.3. The summed E-state index contributed by atoms with van der Waals surface area (Å²) in [6.45, 7) is 22.0. The number of amides is 2. The lowest BCUT2D eigenvalue weighted by Gasteiger charge is -2.53. The maximum atomic E-state index is 13.5. The minimum Gasteiger partial charge on any atom is -0.353 e. The molecule has 2 amide bonds. The summed E-state index contributed by atoms with van der Waals surface area (Å²) in [5, 5.41) is 11.0. The number of piperidine rings is 2. The first kappa shape index (κ1) is 63.9. The van der Waals surface area contributed by atoms with E-state index < -0.39 is 29.2 Å². The first-order valence-electron chi connectivity index (χ1n) is 28.0. The lowest BCUT2D eigenvalue weighted by molar-refractivity contribution is -0.00445. The zero-order valence-corrected chi connectivity index (χ0v) is 50.9. The number of nitrogens with zero attached hydrogens (tertiary/aromatic N) is 7. The van der Waals surface area contributed by atoms with Crippen LogP contribution in [0.25, 0.3) is 0 Å². The first-order chi connectivity index (χ1) is 39.6. The van der Waals surface area contributed by atoms with E-state index in [2.05, 4.69) is 102 Å². The van der Waals surface area contributed by atoms with Crippen LogP contribution in [0.3, 0.4) is 0 Å². The minimum absolute atomic E-state index is 0.0519. The van der Waals surface area contributed by atoms with Crippen LogP contribution in [0, 0.1) is 23.3 Å². The topological polar surface area (TPSA) is 112 Å². The van der Waals surface area contributed by atoms with Gasteiger partial charge in [0.15, 0.2) is 23.3 Å². The fraction of sp³-hybridized carbons (Fsp3) is 0.419. The third-order valence-corrected chi connectivity index (χ3v) is 17.8. The van der Waals surface area contributed by atoms with Crippen LogP contribution in [-0.2, 0) is 26.2 Å². The van der Waals surface area contributed by atoms with Gasteiger partial charge in [0.2, 0.25) is 0 Å². The van der Waals surface area contributed by atoms with Crippen LogP contribution in [0.1, 0.15) is 96.3 Å². The second-order valence-electron chi connectivity index (χ2n) is 22.4. The average molecular weight is 1240 g/mol. The fourth-order valence-electron chi connectivity index (χ4n) is 11.5. The van der Waals surface area contributed by atoms with Crippen molar-refractivity contribution in [3.8, 4) is 0 Å². The molecule has 0 aliphatic carbocycles. The van der Waals surface area contributed by atoms with Crippen molar-refractivity contribution in [1.29, 1.82) is 0 Å².